The third-order valence-corrected chi connectivity index (χ3v) is 3.19. The molecule has 0 aliphatic heterocycles. The maximum Gasteiger partial charge on any atom is 0.261 e. The number of nitrogens with zero attached hydrogens (tertiary/aromatic N) is 2. The molecular formula is C15H10ClFN2O2. The highest BCUT2D eigenvalue weighted by Crippen LogP contribution is 2.28. The highest BCUT2D eigenvalue weighted by Gasteiger charge is 2.13. The molecule has 6 heteroatoms. The van der Waals surface area contributed by atoms with Crippen LogP contribution in [0.25, 0.3) is 11.5 Å². The van der Waals surface area contributed by atoms with E-state index >= 15 is 0 Å². The second-order valence-corrected chi connectivity index (χ2v) is 4.92. The van der Waals surface area contributed by atoms with Crippen molar-refractivity contribution in [2.75, 3.05) is 0 Å². The number of phenols is 1. The lowest BCUT2D eigenvalue weighted by molar-refractivity contribution is 0.418. The third kappa shape index (κ3) is 3.03. The summed E-state index contributed by atoms with van der Waals surface area (Å²) < 4.78 is 18.0. The molecule has 2 aromatic carbocycles. The van der Waals surface area contributed by atoms with Crippen LogP contribution in [0.3, 0.4) is 0 Å². The number of aromatic nitrogens is 2. The molecule has 0 spiro atoms. The Morgan fingerprint density at radius 3 is 2.62 bits per heavy atom. The molecule has 0 aliphatic rings. The average molecular weight is 305 g/mol. The van der Waals surface area contributed by atoms with Gasteiger partial charge in [-0.3, -0.25) is 0 Å². The summed E-state index contributed by atoms with van der Waals surface area (Å²) in [7, 11) is 0. The largest absolute Gasteiger partial charge is 0.507 e. The van der Waals surface area contributed by atoms with Crippen molar-refractivity contribution in [2.24, 2.45) is 0 Å². The Morgan fingerprint density at radius 1 is 1.14 bits per heavy atom. The molecule has 21 heavy (non-hydrogen) atoms. The molecule has 4 nitrogen and oxygen atoms in total. The summed E-state index contributed by atoms with van der Waals surface area (Å²) in [6.45, 7) is 0. The molecule has 3 rings (SSSR count). The second-order valence-electron chi connectivity index (χ2n) is 4.48. The van der Waals surface area contributed by atoms with Gasteiger partial charge in [0.2, 0.25) is 0 Å². The Labute approximate surface area is 124 Å². The first kappa shape index (κ1) is 13.6. The maximum atomic E-state index is 13.0. The lowest BCUT2D eigenvalue weighted by atomic mass is 10.1. The van der Waals surface area contributed by atoms with E-state index in [0.717, 1.165) is 11.6 Å². The van der Waals surface area contributed by atoms with E-state index in [0.29, 0.717) is 22.8 Å². The minimum absolute atomic E-state index is 0.150. The summed E-state index contributed by atoms with van der Waals surface area (Å²) in [6.07, 6.45) is 0.475. The van der Waals surface area contributed by atoms with Gasteiger partial charge in [-0.15, -0.1) is 0 Å². The van der Waals surface area contributed by atoms with Crippen molar-refractivity contribution in [2.45, 2.75) is 6.42 Å². The molecule has 0 saturated heterocycles. The van der Waals surface area contributed by atoms with E-state index in [2.05, 4.69) is 10.1 Å². The summed E-state index contributed by atoms with van der Waals surface area (Å²) in [5, 5.41) is 14.2. The molecule has 0 unspecified atom stereocenters. The fourth-order valence-corrected chi connectivity index (χ4v) is 2.03. The van der Waals surface area contributed by atoms with E-state index < -0.39 is 5.82 Å². The fourth-order valence-electron chi connectivity index (χ4n) is 1.91. The molecule has 1 aromatic heterocycles. The quantitative estimate of drug-likeness (QED) is 0.799. The van der Waals surface area contributed by atoms with Crippen LogP contribution in [0, 0.1) is 5.82 Å². The average Bonchev–Trinajstić information content (AvgIpc) is 2.90. The Bertz CT molecular complexity index is 772. The van der Waals surface area contributed by atoms with Gasteiger partial charge < -0.3 is 9.63 Å². The van der Waals surface area contributed by atoms with E-state index in [1.54, 1.807) is 12.1 Å². The van der Waals surface area contributed by atoms with Crippen LogP contribution in [-0.2, 0) is 6.42 Å². The van der Waals surface area contributed by atoms with E-state index in [9.17, 15) is 9.50 Å². The van der Waals surface area contributed by atoms with Crippen molar-refractivity contribution in [3.05, 3.63) is 64.7 Å². The summed E-state index contributed by atoms with van der Waals surface area (Å²) in [4.78, 5) is 4.20. The molecule has 3 aromatic rings. The summed E-state index contributed by atoms with van der Waals surface area (Å²) >= 11 is 5.82. The smallest absolute Gasteiger partial charge is 0.261 e. The standard InChI is InChI=1S/C15H10ClFN2O2/c16-10-3-1-9(2-4-10)7-14-18-15(21-19-14)12-6-5-11(17)8-13(12)20/h1-6,8,20H,7H2. The third-order valence-electron chi connectivity index (χ3n) is 2.93. The van der Waals surface area contributed by atoms with Crippen LogP contribution in [0.5, 0.6) is 5.75 Å². The summed E-state index contributed by atoms with van der Waals surface area (Å²) in [5.74, 6) is -0.152. The van der Waals surface area contributed by atoms with E-state index in [1.165, 1.54) is 12.1 Å². The van der Waals surface area contributed by atoms with E-state index in [-0.39, 0.29) is 11.6 Å². The van der Waals surface area contributed by atoms with Crippen molar-refractivity contribution in [3.8, 4) is 17.2 Å². The van der Waals surface area contributed by atoms with Gasteiger partial charge in [-0.05, 0) is 29.8 Å². The van der Waals surface area contributed by atoms with Crippen molar-refractivity contribution in [3.63, 3.8) is 0 Å². The monoisotopic (exact) mass is 304 g/mol. The number of hydrogen-bond donors (Lipinski definition) is 1. The summed E-state index contributed by atoms with van der Waals surface area (Å²) in [5.41, 5.74) is 1.28. The summed E-state index contributed by atoms with van der Waals surface area (Å²) in [6, 6.07) is 10.9. The molecule has 0 radical (unpaired) electrons. The van der Waals surface area contributed by atoms with Crippen LogP contribution >= 0.6 is 11.6 Å². The molecule has 106 valence electrons. The van der Waals surface area contributed by atoms with Crippen molar-refractivity contribution in [1.82, 2.24) is 10.1 Å². The first-order valence-electron chi connectivity index (χ1n) is 6.18. The van der Waals surface area contributed by atoms with E-state index in [4.69, 9.17) is 16.1 Å². The predicted molar refractivity (Wildman–Crippen MR) is 75.6 cm³/mol. The molecule has 1 N–H and O–H groups in total. The number of aromatic hydroxyl groups is 1. The second kappa shape index (κ2) is 5.54. The zero-order chi connectivity index (χ0) is 14.8. The Morgan fingerprint density at radius 2 is 1.90 bits per heavy atom. The highest BCUT2D eigenvalue weighted by molar-refractivity contribution is 6.30. The van der Waals surface area contributed by atoms with Gasteiger partial charge in [0.05, 0.1) is 5.56 Å². The lowest BCUT2D eigenvalue weighted by Crippen LogP contribution is -1.90. The zero-order valence-electron chi connectivity index (χ0n) is 10.8. The van der Waals surface area contributed by atoms with Crippen LogP contribution in [0.2, 0.25) is 5.02 Å². The van der Waals surface area contributed by atoms with Crippen LogP contribution in [0.4, 0.5) is 4.39 Å². The normalized spacial score (nSPS) is 10.8. The molecule has 0 aliphatic carbocycles. The number of hydrogen-bond acceptors (Lipinski definition) is 4. The fraction of sp³-hybridized carbons (Fsp3) is 0.0667. The first-order chi connectivity index (χ1) is 10.1. The minimum atomic E-state index is -0.530. The van der Waals surface area contributed by atoms with Crippen LogP contribution in [0.15, 0.2) is 47.0 Å². The SMILES string of the molecule is Oc1cc(F)ccc1-c1nc(Cc2ccc(Cl)cc2)no1. The van der Waals surface area contributed by atoms with Gasteiger partial charge in [-0.1, -0.05) is 28.9 Å². The minimum Gasteiger partial charge on any atom is -0.507 e. The Hall–Kier alpha value is -2.40. The van der Waals surface area contributed by atoms with Gasteiger partial charge in [0.1, 0.15) is 11.6 Å². The number of phenolic OH excluding ortho intramolecular Hbond substituents is 1. The lowest BCUT2D eigenvalue weighted by Gasteiger charge is -1.98. The molecule has 1 heterocycles. The Balaban J connectivity index is 1.84. The first-order valence-corrected chi connectivity index (χ1v) is 6.55. The molecular weight excluding hydrogens is 295 g/mol. The van der Waals surface area contributed by atoms with Gasteiger partial charge in [-0.2, -0.15) is 4.98 Å². The van der Waals surface area contributed by atoms with Gasteiger partial charge in [0.15, 0.2) is 5.82 Å². The highest BCUT2D eigenvalue weighted by atomic mass is 35.5. The molecule has 0 amide bonds. The van der Waals surface area contributed by atoms with Crippen LogP contribution < -0.4 is 0 Å². The molecule has 0 atom stereocenters. The van der Waals surface area contributed by atoms with Gasteiger partial charge in [-0.25, -0.2) is 4.39 Å². The van der Waals surface area contributed by atoms with Gasteiger partial charge in [0.25, 0.3) is 5.89 Å². The molecule has 0 saturated carbocycles. The van der Waals surface area contributed by atoms with Crippen molar-refractivity contribution < 1.29 is 14.0 Å². The topological polar surface area (TPSA) is 59.2 Å². The number of halogens is 2. The van der Waals surface area contributed by atoms with Gasteiger partial charge in [0, 0.05) is 17.5 Å². The maximum absolute atomic E-state index is 13.0. The Kier molecular flexibility index (Phi) is 3.58. The predicted octanol–water partition coefficient (Wildman–Crippen LogP) is 3.83. The zero-order valence-corrected chi connectivity index (χ0v) is 11.5. The van der Waals surface area contributed by atoms with Crippen LogP contribution in [0.1, 0.15) is 11.4 Å². The van der Waals surface area contributed by atoms with Gasteiger partial charge >= 0.3 is 0 Å². The van der Waals surface area contributed by atoms with Crippen molar-refractivity contribution >= 4 is 11.6 Å². The molecule has 0 fully saturated rings. The van der Waals surface area contributed by atoms with Crippen molar-refractivity contribution in [1.29, 1.82) is 0 Å². The van der Waals surface area contributed by atoms with Crippen LogP contribution in [-0.4, -0.2) is 15.2 Å². The number of benzene rings is 2. The number of rotatable bonds is 3. The molecule has 0 bridgehead atoms. The van der Waals surface area contributed by atoms with E-state index in [1.807, 2.05) is 12.1 Å².